The third-order valence-electron chi connectivity index (χ3n) is 3.79. The lowest BCUT2D eigenvalue weighted by molar-refractivity contribution is -0.136. The van der Waals surface area contributed by atoms with Gasteiger partial charge in [0.05, 0.1) is 11.8 Å². The SMILES string of the molecule is Cc1coc(CC(=O)O)c1C(=O)N1Cc2cccc(F)c2C1. The first-order valence-electron chi connectivity index (χ1n) is 6.81. The van der Waals surface area contributed by atoms with Crippen LogP contribution < -0.4 is 0 Å². The van der Waals surface area contributed by atoms with Gasteiger partial charge in [0.25, 0.3) is 5.91 Å². The second-order valence-corrected chi connectivity index (χ2v) is 5.33. The van der Waals surface area contributed by atoms with Crippen molar-refractivity contribution in [2.75, 3.05) is 0 Å². The molecular formula is C16H14FNO4. The third-order valence-corrected chi connectivity index (χ3v) is 3.79. The van der Waals surface area contributed by atoms with Gasteiger partial charge >= 0.3 is 5.97 Å². The van der Waals surface area contributed by atoms with Gasteiger partial charge < -0.3 is 14.4 Å². The second-order valence-electron chi connectivity index (χ2n) is 5.33. The maximum atomic E-state index is 13.8. The van der Waals surface area contributed by atoms with Crippen LogP contribution in [0.4, 0.5) is 4.39 Å². The van der Waals surface area contributed by atoms with Gasteiger partial charge in [-0.2, -0.15) is 0 Å². The molecule has 3 rings (SSSR count). The van der Waals surface area contributed by atoms with Gasteiger partial charge in [-0.3, -0.25) is 9.59 Å². The van der Waals surface area contributed by atoms with Crippen molar-refractivity contribution in [2.24, 2.45) is 0 Å². The Hall–Kier alpha value is -2.63. The summed E-state index contributed by atoms with van der Waals surface area (Å²) in [6.45, 7) is 2.17. The van der Waals surface area contributed by atoms with Crippen LogP contribution in [0.3, 0.4) is 0 Å². The average molecular weight is 303 g/mol. The number of fused-ring (bicyclic) bond motifs is 1. The summed E-state index contributed by atoms with van der Waals surface area (Å²) in [5, 5.41) is 8.89. The van der Waals surface area contributed by atoms with E-state index < -0.39 is 5.97 Å². The van der Waals surface area contributed by atoms with Crippen molar-refractivity contribution in [1.29, 1.82) is 0 Å². The first-order chi connectivity index (χ1) is 10.5. The number of benzene rings is 1. The van der Waals surface area contributed by atoms with Crippen molar-refractivity contribution >= 4 is 11.9 Å². The Morgan fingerprint density at radius 1 is 1.36 bits per heavy atom. The summed E-state index contributed by atoms with van der Waals surface area (Å²) in [6, 6.07) is 4.76. The zero-order chi connectivity index (χ0) is 15.9. The zero-order valence-corrected chi connectivity index (χ0v) is 11.9. The lowest BCUT2D eigenvalue weighted by atomic mass is 10.1. The van der Waals surface area contributed by atoms with Crippen LogP contribution in [0, 0.1) is 12.7 Å². The molecule has 2 aromatic rings. The number of aryl methyl sites for hydroxylation is 1. The van der Waals surface area contributed by atoms with Gasteiger partial charge in [0.1, 0.15) is 18.0 Å². The van der Waals surface area contributed by atoms with E-state index in [0.717, 1.165) is 5.56 Å². The third kappa shape index (κ3) is 2.36. The fourth-order valence-corrected chi connectivity index (χ4v) is 2.74. The molecular weight excluding hydrogens is 289 g/mol. The molecule has 1 N–H and O–H groups in total. The molecule has 0 aliphatic carbocycles. The molecule has 0 radical (unpaired) electrons. The van der Waals surface area contributed by atoms with Crippen LogP contribution in [0.25, 0.3) is 0 Å². The average Bonchev–Trinajstić information content (AvgIpc) is 3.03. The molecule has 0 unspecified atom stereocenters. The van der Waals surface area contributed by atoms with Crippen molar-refractivity contribution in [1.82, 2.24) is 4.90 Å². The highest BCUT2D eigenvalue weighted by Gasteiger charge is 2.30. The Balaban J connectivity index is 1.89. The topological polar surface area (TPSA) is 70.7 Å². The van der Waals surface area contributed by atoms with Gasteiger partial charge in [0.2, 0.25) is 0 Å². The lowest BCUT2D eigenvalue weighted by Gasteiger charge is -2.15. The number of furan rings is 1. The van der Waals surface area contributed by atoms with Gasteiger partial charge in [-0.1, -0.05) is 12.1 Å². The number of carbonyl (C=O) groups is 2. The summed E-state index contributed by atoms with van der Waals surface area (Å²) in [5.41, 5.74) is 2.12. The van der Waals surface area contributed by atoms with Crippen molar-refractivity contribution in [3.8, 4) is 0 Å². The Labute approximate surface area is 126 Å². The zero-order valence-electron chi connectivity index (χ0n) is 11.9. The van der Waals surface area contributed by atoms with Gasteiger partial charge in [-0.05, 0) is 18.6 Å². The maximum Gasteiger partial charge on any atom is 0.311 e. The highest BCUT2D eigenvalue weighted by atomic mass is 19.1. The number of hydrogen-bond donors (Lipinski definition) is 1. The summed E-state index contributed by atoms with van der Waals surface area (Å²) >= 11 is 0. The predicted molar refractivity (Wildman–Crippen MR) is 74.8 cm³/mol. The number of aliphatic carboxylic acids is 1. The molecule has 0 fully saturated rings. The molecule has 6 heteroatoms. The van der Waals surface area contributed by atoms with E-state index in [1.54, 1.807) is 19.1 Å². The minimum atomic E-state index is -1.07. The van der Waals surface area contributed by atoms with E-state index in [-0.39, 0.29) is 36.0 Å². The summed E-state index contributed by atoms with van der Waals surface area (Å²) in [4.78, 5) is 25.0. The van der Waals surface area contributed by atoms with E-state index in [0.29, 0.717) is 17.7 Å². The van der Waals surface area contributed by atoms with Gasteiger partial charge in [0.15, 0.2) is 0 Å². The van der Waals surface area contributed by atoms with Crippen molar-refractivity contribution in [3.63, 3.8) is 0 Å². The molecule has 1 amide bonds. The number of amides is 1. The van der Waals surface area contributed by atoms with Crippen molar-refractivity contribution in [3.05, 3.63) is 58.3 Å². The van der Waals surface area contributed by atoms with Crippen molar-refractivity contribution in [2.45, 2.75) is 26.4 Å². The molecule has 114 valence electrons. The molecule has 0 atom stereocenters. The number of nitrogens with zero attached hydrogens (tertiary/aromatic N) is 1. The second kappa shape index (κ2) is 5.29. The summed E-state index contributed by atoms with van der Waals surface area (Å²) in [6.07, 6.45) is 1.01. The van der Waals surface area contributed by atoms with Crippen LogP contribution in [0.1, 0.15) is 32.8 Å². The van der Waals surface area contributed by atoms with E-state index in [9.17, 15) is 14.0 Å². The predicted octanol–water partition coefficient (Wildman–Crippen LogP) is 2.51. The molecule has 1 aromatic carbocycles. The van der Waals surface area contributed by atoms with Crippen LogP contribution in [-0.4, -0.2) is 21.9 Å². The van der Waals surface area contributed by atoms with E-state index in [1.807, 2.05) is 0 Å². The Bertz CT molecular complexity index is 766. The van der Waals surface area contributed by atoms with E-state index in [4.69, 9.17) is 9.52 Å². The summed E-state index contributed by atoms with van der Waals surface area (Å²) in [7, 11) is 0. The normalized spacial score (nSPS) is 13.3. The minimum absolute atomic E-state index is 0.131. The molecule has 1 aliphatic heterocycles. The van der Waals surface area contributed by atoms with Crippen LogP contribution in [0.15, 0.2) is 28.9 Å². The Morgan fingerprint density at radius 2 is 2.14 bits per heavy atom. The van der Waals surface area contributed by atoms with Crippen LogP contribution >= 0.6 is 0 Å². The number of carboxylic acid groups (broad SMARTS) is 1. The molecule has 0 saturated heterocycles. The lowest BCUT2D eigenvalue weighted by Crippen LogP contribution is -2.26. The smallest absolute Gasteiger partial charge is 0.311 e. The quantitative estimate of drug-likeness (QED) is 0.945. The molecule has 22 heavy (non-hydrogen) atoms. The number of carbonyl (C=O) groups excluding carboxylic acids is 1. The van der Waals surface area contributed by atoms with Crippen molar-refractivity contribution < 1.29 is 23.5 Å². The number of rotatable bonds is 3. The fourth-order valence-electron chi connectivity index (χ4n) is 2.74. The monoisotopic (exact) mass is 303 g/mol. The first-order valence-corrected chi connectivity index (χ1v) is 6.81. The van der Waals surface area contributed by atoms with Crippen LogP contribution in [0.5, 0.6) is 0 Å². The number of carboxylic acids is 1. The van der Waals surface area contributed by atoms with Gasteiger partial charge in [0, 0.05) is 24.2 Å². The molecule has 0 bridgehead atoms. The molecule has 5 nitrogen and oxygen atoms in total. The largest absolute Gasteiger partial charge is 0.481 e. The fraction of sp³-hybridized carbons (Fsp3) is 0.250. The maximum absolute atomic E-state index is 13.8. The first kappa shape index (κ1) is 14.3. The summed E-state index contributed by atoms with van der Waals surface area (Å²) in [5.74, 6) is -1.61. The highest BCUT2D eigenvalue weighted by molar-refractivity contribution is 5.97. The Morgan fingerprint density at radius 3 is 2.82 bits per heavy atom. The molecule has 0 saturated carbocycles. The van der Waals surface area contributed by atoms with Gasteiger partial charge in [-0.25, -0.2) is 4.39 Å². The minimum Gasteiger partial charge on any atom is -0.481 e. The van der Waals surface area contributed by atoms with E-state index in [2.05, 4.69) is 0 Å². The molecule has 2 heterocycles. The van der Waals surface area contributed by atoms with E-state index in [1.165, 1.54) is 17.2 Å². The number of hydrogen-bond acceptors (Lipinski definition) is 3. The van der Waals surface area contributed by atoms with Gasteiger partial charge in [-0.15, -0.1) is 0 Å². The molecule has 0 spiro atoms. The van der Waals surface area contributed by atoms with Crippen LogP contribution in [0.2, 0.25) is 0 Å². The Kier molecular flexibility index (Phi) is 3.44. The van der Waals surface area contributed by atoms with E-state index >= 15 is 0 Å². The van der Waals surface area contributed by atoms with Crippen LogP contribution in [-0.2, 0) is 24.3 Å². The summed E-state index contributed by atoms with van der Waals surface area (Å²) < 4.78 is 19.0. The standard InChI is InChI=1S/C16H14FNO4/c1-9-8-22-13(5-14(19)20)15(9)16(21)18-6-10-3-2-4-12(17)11(10)7-18/h2-4,8H,5-7H2,1H3,(H,19,20). The molecule has 1 aliphatic rings. The molecule has 1 aromatic heterocycles. The number of halogens is 1. The highest BCUT2D eigenvalue weighted by Crippen LogP contribution is 2.28.